The molecule has 9 heteroatoms. The maximum absolute atomic E-state index is 12.2. The van der Waals surface area contributed by atoms with Gasteiger partial charge in [-0.25, -0.2) is 8.42 Å². The lowest BCUT2D eigenvalue weighted by molar-refractivity contribution is -0.387. The Labute approximate surface area is 122 Å². The molecule has 1 aromatic carbocycles. The molecule has 2 N–H and O–H groups in total. The first kappa shape index (κ1) is 17.1. The molecular weight excluding hydrogens is 300 g/mol. The summed E-state index contributed by atoms with van der Waals surface area (Å²) in [5.74, 6) is -1.79. The zero-order valence-corrected chi connectivity index (χ0v) is 12.3. The van der Waals surface area contributed by atoms with Crippen molar-refractivity contribution in [3.8, 4) is 0 Å². The molecule has 0 aromatic heterocycles. The zero-order valence-electron chi connectivity index (χ0n) is 11.5. The van der Waals surface area contributed by atoms with Crippen molar-refractivity contribution < 1.29 is 23.2 Å². The molecule has 0 radical (unpaired) electrons. The molecule has 0 aliphatic rings. The van der Waals surface area contributed by atoms with Crippen LogP contribution in [0, 0.1) is 16.0 Å². The molecule has 0 aliphatic heterocycles. The molecule has 0 saturated heterocycles. The van der Waals surface area contributed by atoms with Gasteiger partial charge in [-0.1, -0.05) is 32.4 Å². The predicted octanol–water partition coefficient (Wildman–Crippen LogP) is 1.37. The molecule has 116 valence electrons. The molecule has 21 heavy (non-hydrogen) atoms. The first-order chi connectivity index (χ1) is 9.70. The molecule has 2 atom stereocenters. The van der Waals surface area contributed by atoms with Crippen LogP contribution in [0.1, 0.15) is 20.3 Å². The Morgan fingerprint density at radius 2 is 2.00 bits per heavy atom. The van der Waals surface area contributed by atoms with Crippen LogP contribution in [0.5, 0.6) is 0 Å². The number of carbonyl (C=O) groups is 1. The maximum atomic E-state index is 12.2. The third-order valence-corrected chi connectivity index (χ3v) is 4.60. The number of rotatable bonds is 7. The number of nitrogens with zero attached hydrogens (tertiary/aromatic N) is 1. The Kier molecular flexibility index (Phi) is 5.39. The summed E-state index contributed by atoms with van der Waals surface area (Å²) >= 11 is 0. The average molecular weight is 316 g/mol. The zero-order chi connectivity index (χ0) is 16.2. The van der Waals surface area contributed by atoms with Gasteiger partial charge in [-0.15, -0.1) is 0 Å². The number of sulfonamides is 1. The number of nitrogens with one attached hydrogen (secondary N) is 1. The van der Waals surface area contributed by atoms with Gasteiger partial charge >= 0.3 is 5.97 Å². The topological polar surface area (TPSA) is 127 Å². The second-order valence-electron chi connectivity index (χ2n) is 4.55. The van der Waals surface area contributed by atoms with E-state index in [1.54, 1.807) is 13.8 Å². The first-order valence-electron chi connectivity index (χ1n) is 6.19. The summed E-state index contributed by atoms with van der Waals surface area (Å²) in [5, 5.41) is 20.0. The highest BCUT2D eigenvalue weighted by molar-refractivity contribution is 7.89. The molecule has 0 unspecified atom stereocenters. The number of carboxylic acids is 1. The van der Waals surface area contributed by atoms with Crippen molar-refractivity contribution in [2.75, 3.05) is 0 Å². The average Bonchev–Trinajstić information content (AvgIpc) is 2.43. The van der Waals surface area contributed by atoms with Gasteiger partial charge in [0.25, 0.3) is 5.69 Å². The van der Waals surface area contributed by atoms with E-state index in [1.165, 1.54) is 12.1 Å². The molecule has 0 spiro atoms. The van der Waals surface area contributed by atoms with Crippen LogP contribution >= 0.6 is 0 Å². The summed E-state index contributed by atoms with van der Waals surface area (Å²) in [6.07, 6.45) is 0.441. The summed E-state index contributed by atoms with van der Waals surface area (Å²) in [7, 11) is -4.31. The normalized spacial score (nSPS) is 14.4. The number of para-hydroxylation sites is 1. The Bertz CT molecular complexity index is 643. The van der Waals surface area contributed by atoms with Gasteiger partial charge in [0.15, 0.2) is 4.90 Å². The largest absolute Gasteiger partial charge is 0.480 e. The van der Waals surface area contributed by atoms with Gasteiger partial charge in [-0.05, 0) is 12.0 Å². The third kappa shape index (κ3) is 3.99. The number of benzene rings is 1. The number of hydrogen-bond acceptors (Lipinski definition) is 5. The maximum Gasteiger partial charge on any atom is 0.322 e. The fraction of sp³-hybridized carbons (Fsp3) is 0.417. The molecule has 0 saturated carbocycles. The molecule has 0 bridgehead atoms. The van der Waals surface area contributed by atoms with E-state index >= 15 is 0 Å². The SMILES string of the molecule is CC[C@H](C)[C@H](NS(=O)(=O)c1ccccc1[N+](=O)[O-])C(=O)O. The molecular formula is C12H16N2O6S. The van der Waals surface area contributed by atoms with Crippen LogP contribution in [-0.4, -0.2) is 30.5 Å². The molecule has 1 aromatic rings. The van der Waals surface area contributed by atoms with Crippen molar-refractivity contribution in [1.82, 2.24) is 4.72 Å². The lowest BCUT2D eigenvalue weighted by atomic mass is 10.0. The van der Waals surface area contributed by atoms with Gasteiger partial charge in [-0.3, -0.25) is 14.9 Å². The molecule has 0 aliphatic carbocycles. The molecule has 8 nitrogen and oxygen atoms in total. The lowest BCUT2D eigenvalue weighted by Gasteiger charge is -2.19. The van der Waals surface area contributed by atoms with Crippen LogP contribution in [-0.2, 0) is 14.8 Å². The van der Waals surface area contributed by atoms with Gasteiger partial charge in [0.1, 0.15) is 6.04 Å². The minimum Gasteiger partial charge on any atom is -0.480 e. The van der Waals surface area contributed by atoms with E-state index in [1.807, 2.05) is 4.72 Å². The Balaban J connectivity index is 3.23. The van der Waals surface area contributed by atoms with E-state index in [2.05, 4.69) is 0 Å². The van der Waals surface area contributed by atoms with Crippen LogP contribution < -0.4 is 4.72 Å². The van der Waals surface area contributed by atoms with Crippen molar-refractivity contribution >= 4 is 21.7 Å². The van der Waals surface area contributed by atoms with Crippen LogP contribution in [0.3, 0.4) is 0 Å². The monoisotopic (exact) mass is 316 g/mol. The van der Waals surface area contributed by atoms with E-state index in [4.69, 9.17) is 5.11 Å². The molecule has 0 heterocycles. The highest BCUT2D eigenvalue weighted by atomic mass is 32.2. The minimum atomic E-state index is -4.31. The van der Waals surface area contributed by atoms with E-state index in [0.29, 0.717) is 6.42 Å². The summed E-state index contributed by atoms with van der Waals surface area (Å²) in [6.45, 7) is 3.31. The van der Waals surface area contributed by atoms with Gasteiger partial charge in [0.2, 0.25) is 10.0 Å². The second kappa shape index (κ2) is 6.64. The van der Waals surface area contributed by atoms with Crippen molar-refractivity contribution in [2.24, 2.45) is 5.92 Å². The number of aliphatic carboxylic acids is 1. The fourth-order valence-electron chi connectivity index (χ4n) is 1.71. The Morgan fingerprint density at radius 3 is 2.48 bits per heavy atom. The van der Waals surface area contributed by atoms with Gasteiger partial charge in [0.05, 0.1) is 4.92 Å². The summed E-state index contributed by atoms with van der Waals surface area (Å²) in [4.78, 5) is 20.7. The van der Waals surface area contributed by atoms with E-state index in [-0.39, 0.29) is 0 Å². The van der Waals surface area contributed by atoms with Gasteiger partial charge < -0.3 is 5.11 Å². The van der Waals surface area contributed by atoms with Crippen molar-refractivity contribution in [3.05, 3.63) is 34.4 Å². The molecule has 0 fully saturated rings. The highest BCUT2D eigenvalue weighted by Crippen LogP contribution is 2.23. The highest BCUT2D eigenvalue weighted by Gasteiger charge is 2.32. The third-order valence-electron chi connectivity index (χ3n) is 3.11. The number of hydrogen-bond donors (Lipinski definition) is 2. The second-order valence-corrected chi connectivity index (χ2v) is 6.23. The summed E-state index contributed by atoms with van der Waals surface area (Å²) < 4.78 is 26.5. The van der Waals surface area contributed by atoms with Gasteiger partial charge in [0, 0.05) is 6.07 Å². The van der Waals surface area contributed by atoms with Crippen LogP contribution in [0.4, 0.5) is 5.69 Å². The minimum absolute atomic E-state index is 0.441. The Hall–Kier alpha value is -2.00. The number of nitro groups is 1. The smallest absolute Gasteiger partial charge is 0.322 e. The van der Waals surface area contributed by atoms with Crippen LogP contribution in [0.25, 0.3) is 0 Å². The summed E-state index contributed by atoms with van der Waals surface area (Å²) in [5.41, 5.74) is -0.599. The number of carboxylic acid groups (broad SMARTS) is 1. The Morgan fingerprint density at radius 1 is 1.43 bits per heavy atom. The van der Waals surface area contributed by atoms with Crippen molar-refractivity contribution in [1.29, 1.82) is 0 Å². The standard InChI is InChI=1S/C12H16N2O6S/c1-3-8(2)11(12(15)16)13-21(19,20)10-7-5-4-6-9(10)14(17)18/h4-8,11,13H,3H2,1-2H3,(H,15,16)/t8-,11-/m0/s1. The summed E-state index contributed by atoms with van der Waals surface area (Å²) in [6, 6.07) is 3.44. The van der Waals surface area contributed by atoms with E-state index in [0.717, 1.165) is 12.1 Å². The van der Waals surface area contributed by atoms with Gasteiger partial charge in [-0.2, -0.15) is 4.72 Å². The van der Waals surface area contributed by atoms with Crippen LogP contribution in [0.2, 0.25) is 0 Å². The predicted molar refractivity (Wildman–Crippen MR) is 74.3 cm³/mol. The molecule has 1 rings (SSSR count). The van der Waals surface area contributed by atoms with E-state index in [9.17, 15) is 23.3 Å². The lowest BCUT2D eigenvalue weighted by Crippen LogP contribution is -2.45. The fourth-order valence-corrected chi connectivity index (χ4v) is 3.18. The van der Waals surface area contributed by atoms with E-state index < -0.39 is 43.5 Å². The first-order valence-corrected chi connectivity index (χ1v) is 7.67. The quantitative estimate of drug-likeness (QED) is 0.578. The molecule has 0 amide bonds. The number of nitro benzene ring substituents is 1. The van der Waals surface area contributed by atoms with Crippen molar-refractivity contribution in [3.63, 3.8) is 0 Å². The van der Waals surface area contributed by atoms with Crippen molar-refractivity contribution in [2.45, 2.75) is 31.2 Å². The van der Waals surface area contributed by atoms with Crippen LogP contribution in [0.15, 0.2) is 29.2 Å².